The first-order chi connectivity index (χ1) is 9.02. The van der Waals surface area contributed by atoms with Gasteiger partial charge in [-0.15, -0.1) is 0 Å². The van der Waals surface area contributed by atoms with Crippen LogP contribution in [0.15, 0.2) is 24.3 Å². The van der Waals surface area contributed by atoms with Gasteiger partial charge in [-0.05, 0) is 30.5 Å². The summed E-state index contributed by atoms with van der Waals surface area (Å²) in [5.74, 6) is -1.22. The lowest BCUT2D eigenvalue weighted by Gasteiger charge is -2.13. The highest BCUT2D eigenvalue weighted by Gasteiger charge is 2.18. The SMILES string of the molecule is CCC[C@@H](NC(=O)CCc1ccc(N)cc1)C(=O)O. The van der Waals surface area contributed by atoms with Crippen LogP contribution in [0.3, 0.4) is 0 Å². The number of benzene rings is 1. The molecule has 0 aliphatic rings. The number of carboxylic acids is 1. The van der Waals surface area contributed by atoms with E-state index in [0.717, 1.165) is 12.0 Å². The van der Waals surface area contributed by atoms with Crippen molar-refractivity contribution in [1.82, 2.24) is 5.32 Å². The summed E-state index contributed by atoms with van der Waals surface area (Å²) in [7, 11) is 0. The topological polar surface area (TPSA) is 92.4 Å². The Labute approximate surface area is 112 Å². The number of carbonyl (C=O) groups excluding carboxylic acids is 1. The monoisotopic (exact) mass is 264 g/mol. The third-order valence-electron chi connectivity index (χ3n) is 2.83. The van der Waals surface area contributed by atoms with Gasteiger partial charge in [0.05, 0.1) is 0 Å². The van der Waals surface area contributed by atoms with Gasteiger partial charge in [0.2, 0.25) is 5.91 Å². The Hall–Kier alpha value is -2.04. The Morgan fingerprint density at radius 1 is 1.32 bits per heavy atom. The van der Waals surface area contributed by atoms with E-state index >= 15 is 0 Å². The van der Waals surface area contributed by atoms with Gasteiger partial charge in [-0.2, -0.15) is 0 Å². The molecule has 0 saturated carbocycles. The van der Waals surface area contributed by atoms with Crippen LogP contribution >= 0.6 is 0 Å². The van der Waals surface area contributed by atoms with E-state index in [-0.39, 0.29) is 12.3 Å². The quantitative estimate of drug-likeness (QED) is 0.652. The molecule has 0 radical (unpaired) electrons. The molecule has 0 bridgehead atoms. The molecule has 0 aliphatic heterocycles. The number of aryl methyl sites for hydroxylation is 1. The Balaban J connectivity index is 2.42. The summed E-state index contributed by atoms with van der Waals surface area (Å²) in [5.41, 5.74) is 7.26. The maximum absolute atomic E-state index is 11.7. The minimum Gasteiger partial charge on any atom is -0.480 e. The van der Waals surface area contributed by atoms with E-state index in [1.165, 1.54) is 0 Å². The summed E-state index contributed by atoms with van der Waals surface area (Å²) in [4.78, 5) is 22.6. The fourth-order valence-corrected chi connectivity index (χ4v) is 1.75. The van der Waals surface area contributed by atoms with Crippen LogP contribution in [0.4, 0.5) is 5.69 Å². The van der Waals surface area contributed by atoms with Crippen molar-refractivity contribution in [2.24, 2.45) is 0 Å². The molecular formula is C14H20N2O3. The number of nitrogens with one attached hydrogen (secondary N) is 1. The van der Waals surface area contributed by atoms with E-state index in [4.69, 9.17) is 10.8 Å². The van der Waals surface area contributed by atoms with Crippen molar-refractivity contribution in [3.63, 3.8) is 0 Å². The van der Waals surface area contributed by atoms with Crippen LogP contribution in [0.5, 0.6) is 0 Å². The van der Waals surface area contributed by atoms with Crippen molar-refractivity contribution >= 4 is 17.6 Å². The van der Waals surface area contributed by atoms with Gasteiger partial charge in [-0.25, -0.2) is 4.79 Å². The molecule has 0 unspecified atom stereocenters. The van der Waals surface area contributed by atoms with E-state index in [0.29, 0.717) is 18.5 Å². The molecular weight excluding hydrogens is 244 g/mol. The number of rotatable bonds is 7. The van der Waals surface area contributed by atoms with Crippen LogP contribution in [-0.2, 0) is 16.0 Å². The summed E-state index contributed by atoms with van der Waals surface area (Å²) in [6.07, 6.45) is 2.01. The summed E-state index contributed by atoms with van der Waals surface area (Å²) < 4.78 is 0. The van der Waals surface area contributed by atoms with E-state index in [1.54, 1.807) is 12.1 Å². The normalized spacial score (nSPS) is 11.8. The average Bonchev–Trinajstić information content (AvgIpc) is 2.37. The maximum Gasteiger partial charge on any atom is 0.326 e. The highest BCUT2D eigenvalue weighted by Crippen LogP contribution is 2.08. The fourth-order valence-electron chi connectivity index (χ4n) is 1.75. The van der Waals surface area contributed by atoms with Gasteiger partial charge in [0.1, 0.15) is 6.04 Å². The Bertz CT molecular complexity index is 429. The Morgan fingerprint density at radius 2 is 1.95 bits per heavy atom. The minimum atomic E-state index is -0.984. The smallest absolute Gasteiger partial charge is 0.326 e. The number of nitrogen functional groups attached to an aromatic ring is 1. The molecule has 0 aliphatic carbocycles. The lowest BCUT2D eigenvalue weighted by atomic mass is 10.1. The number of aliphatic carboxylic acids is 1. The number of hydrogen-bond acceptors (Lipinski definition) is 3. The molecule has 1 atom stereocenters. The molecule has 1 amide bonds. The second-order valence-electron chi connectivity index (χ2n) is 4.49. The number of carboxylic acid groups (broad SMARTS) is 1. The second kappa shape index (κ2) is 7.41. The molecule has 19 heavy (non-hydrogen) atoms. The maximum atomic E-state index is 11.7. The molecule has 5 heteroatoms. The lowest BCUT2D eigenvalue weighted by molar-refractivity contribution is -0.142. The number of nitrogens with two attached hydrogens (primary N) is 1. The van der Waals surface area contributed by atoms with Crippen molar-refractivity contribution in [3.8, 4) is 0 Å². The van der Waals surface area contributed by atoms with Crippen LogP contribution in [0, 0.1) is 0 Å². The summed E-state index contributed by atoms with van der Waals surface area (Å²) in [6, 6.07) is 6.51. The molecule has 0 fully saturated rings. The Morgan fingerprint density at radius 3 is 2.47 bits per heavy atom. The van der Waals surface area contributed by atoms with Crippen molar-refractivity contribution < 1.29 is 14.7 Å². The molecule has 0 saturated heterocycles. The van der Waals surface area contributed by atoms with Crippen LogP contribution < -0.4 is 11.1 Å². The first-order valence-corrected chi connectivity index (χ1v) is 6.39. The standard InChI is InChI=1S/C14H20N2O3/c1-2-3-12(14(18)19)16-13(17)9-6-10-4-7-11(15)8-5-10/h4-5,7-8,12H,2-3,6,9,15H2,1H3,(H,16,17)(H,18,19)/t12-/m1/s1. The van der Waals surface area contributed by atoms with Crippen LogP contribution in [-0.4, -0.2) is 23.0 Å². The van der Waals surface area contributed by atoms with Gasteiger partial charge in [-0.1, -0.05) is 25.5 Å². The summed E-state index contributed by atoms with van der Waals surface area (Å²) >= 11 is 0. The van der Waals surface area contributed by atoms with E-state index in [9.17, 15) is 9.59 Å². The number of amides is 1. The van der Waals surface area contributed by atoms with Crippen molar-refractivity contribution in [1.29, 1.82) is 0 Å². The van der Waals surface area contributed by atoms with Crippen LogP contribution in [0.2, 0.25) is 0 Å². The predicted octanol–water partition coefficient (Wildman–Crippen LogP) is 1.57. The number of hydrogen-bond donors (Lipinski definition) is 3. The highest BCUT2D eigenvalue weighted by molar-refractivity contribution is 5.83. The predicted molar refractivity (Wildman–Crippen MR) is 73.6 cm³/mol. The average molecular weight is 264 g/mol. The van der Waals surface area contributed by atoms with Gasteiger partial charge in [0.25, 0.3) is 0 Å². The molecule has 0 heterocycles. The Kier molecular flexibility index (Phi) is 5.85. The summed E-state index contributed by atoms with van der Waals surface area (Å²) in [5, 5.41) is 11.5. The van der Waals surface area contributed by atoms with E-state index in [2.05, 4.69) is 5.32 Å². The third-order valence-corrected chi connectivity index (χ3v) is 2.83. The third kappa shape index (κ3) is 5.42. The van der Waals surface area contributed by atoms with Gasteiger partial charge in [-0.3, -0.25) is 4.79 Å². The molecule has 1 aromatic carbocycles. The van der Waals surface area contributed by atoms with Gasteiger partial charge in [0.15, 0.2) is 0 Å². The lowest BCUT2D eigenvalue weighted by Crippen LogP contribution is -2.40. The van der Waals surface area contributed by atoms with Crippen LogP contribution in [0.25, 0.3) is 0 Å². The zero-order valence-electron chi connectivity index (χ0n) is 11.1. The number of carbonyl (C=O) groups is 2. The molecule has 0 aromatic heterocycles. The molecule has 1 rings (SSSR count). The second-order valence-corrected chi connectivity index (χ2v) is 4.49. The molecule has 5 nitrogen and oxygen atoms in total. The largest absolute Gasteiger partial charge is 0.480 e. The van der Waals surface area contributed by atoms with E-state index < -0.39 is 12.0 Å². The highest BCUT2D eigenvalue weighted by atomic mass is 16.4. The molecule has 0 spiro atoms. The first kappa shape index (κ1) is 15.0. The fraction of sp³-hybridized carbons (Fsp3) is 0.429. The molecule has 1 aromatic rings. The van der Waals surface area contributed by atoms with Crippen molar-refractivity contribution in [2.45, 2.75) is 38.6 Å². The van der Waals surface area contributed by atoms with Crippen molar-refractivity contribution in [3.05, 3.63) is 29.8 Å². The minimum absolute atomic E-state index is 0.238. The zero-order valence-corrected chi connectivity index (χ0v) is 11.1. The number of anilines is 1. The van der Waals surface area contributed by atoms with Gasteiger partial charge in [0, 0.05) is 12.1 Å². The summed E-state index contributed by atoms with van der Waals surface area (Å²) in [6.45, 7) is 1.89. The van der Waals surface area contributed by atoms with Gasteiger partial charge < -0.3 is 16.2 Å². The first-order valence-electron chi connectivity index (χ1n) is 6.39. The van der Waals surface area contributed by atoms with E-state index in [1.807, 2.05) is 19.1 Å². The van der Waals surface area contributed by atoms with Crippen LogP contribution in [0.1, 0.15) is 31.7 Å². The van der Waals surface area contributed by atoms with Crippen molar-refractivity contribution in [2.75, 3.05) is 5.73 Å². The molecule has 4 N–H and O–H groups in total. The van der Waals surface area contributed by atoms with Gasteiger partial charge >= 0.3 is 5.97 Å². The molecule has 104 valence electrons. The zero-order chi connectivity index (χ0) is 14.3.